The lowest BCUT2D eigenvalue weighted by Gasteiger charge is -2.19. The summed E-state index contributed by atoms with van der Waals surface area (Å²) in [7, 11) is 0. The molecule has 0 spiro atoms. The zero-order valence-corrected chi connectivity index (χ0v) is 11.3. The normalized spacial score (nSPS) is 11.2. The van der Waals surface area contributed by atoms with E-state index >= 15 is 0 Å². The Hall–Kier alpha value is -1.03. The summed E-state index contributed by atoms with van der Waals surface area (Å²) in [4.78, 5) is 11.5. The Labute approximate surface area is 104 Å². The van der Waals surface area contributed by atoms with Gasteiger partial charge in [0.05, 0.1) is 6.42 Å². The Kier molecular flexibility index (Phi) is 3.97. The highest BCUT2D eigenvalue weighted by Gasteiger charge is 2.16. The first kappa shape index (κ1) is 13.0. The molecule has 0 amide bonds. The average molecular weight is 286 g/mol. The lowest BCUT2D eigenvalue weighted by atomic mass is 10.1. The zero-order valence-electron chi connectivity index (χ0n) is 9.71. The molecular weight excluding hydrogens is 270 g/mol. The monoisotopic (exact) mass is 285 g/mol. The summed E-state index contributed by atoms with van der Waals surface area (Å²) in [5.41, 5.74) is 6.76. The molecule has 0 heterocycles. The molecule has 0 aliphatic rings. The van der Waals surface area contributed by atoms with Crippen molar-refractivity contribution in [1.82, 2.24) is 0 Å². The number of carbonyl (C=O) groups is 1. The highest BCUT2D eigenvalue weighted by atomic mass is 79.9. The lowest BCUT2D eigenvalue weighted by molar-refractivity contribution is -0.153. The third kappa shape index (κ3) is 4.23. The van der Waals surface area contributed by atoms with Gasteiger partial charge in [0, 0.05) is 10.2 Å². The van der Waals surface area contributed by atoms with Crippen LogP contribution in [0.15, 0.2) is 22.7 Å². The SMILES string of the molecule is CC(C)(C)OC(=O)Cc1ccc(Br)c(N)c1. The quantitative estimate of drug-likeness (QED) is 0.671. The highest BCUT2D eigenvalue weighted by molar-refractivity contribution is 9.10. The van der Waals surface area contributed by atoms with Crippen LogP contribution >= 0.6 is 15.9 Å². The van der Waals surface area contributed by atoms with E-state index in [0.717, 1.165) is 10.0 Å². The minimum absolute atomic E-state index is 0.241. The molecule has 0 unspecified atom stereocenters. The number of carbonyl (C=O) groups excluding carboxylic acids is 1. The maximum Gasteiger partial charge on any atom is 0.310 e. The molecular formula is C12H16BrNO2. The topological polar surface area (TPSA) is 52.3 Å². The number of hydrogen-bond donors (Lipinski definition) is 1. The maximum atomic E-state index is 11.5. The standard InChI is InChI=1S/C12H16BrNO2/c1-12(2,3)16-11(15)7-8-4-5-9(13)10(14)6-8/h4-6H,7,14H2,1-3H3. The van der Waals surface area contributed by atoms with E-state index in [1.54, 1.807) is 6.07 Å². The molecule has 88 valence electrons. The number of rotatable bonds is 2. The second-order valence-electron chi connectivity index (χ2n) is 4.62. The number of esters is 1. The van der Waals surface area contributed by atoms with Crippen LogP contribution in [0, 0.1) is 0 Å². The molecule has 0 bridgehead atoms. The Bertz CT molecular complexity index is 396. The second-order valence-corrected chi connectivity index (χ2v) is 5.47. The first-order valence-corrected chi connectivity index (χ1v) is 5.83. The van der Waals surface area contributed by atoms with E-state index < -0.39 is 5.60 Å². The fourth-order valence-electron chi connectivity index (χ4n) is 1.25. The van der Waals surface area contributed by atoms with Crippen LogP contribution < -0.4 is 5.73 Å². The van der Waals surface area contributed by atoms with Crippen molar-refractivity contribution in [3.8, 4) is 0 Å². The molecule has 3 nitrogen and oxygen atoms in total. The summed E-state index contributed by atoms with van der Waals surface area (Å²) < 4.78 is 6.05. The molecule has 0 aliphatic heterocycles. The summed E-state index contributed by atoms with van der Waals surface area (Å²) >= 11 is 3.30. The van der Waals surface area contributed by atoms with Crippen LogP contribution in [0.25, 0.3) is 0 Å². The van der Waals surface area contributed by atoms with Gasteiger partial charge in [0.2, 0.25) is 0 Å². The molecule has 2 N–H and O–H groups in total. The molecule has 0 atom stereocenters. The molecule has 1 aromatic rings. The molecule has 0 saturated carbocycles. The molecule has 1 rings (SSSR count). The number of anilines is 1. The number of halogens is 1. The van der Waals surface area contributed by atoms with Gasteiger partial charge in [0.25, 0.3) is 0 Å². The van der Waals surface area contributed by atoms with E-state index in [0.29, 0.717) is 5.69 Å². The van der Waals surface area contributed by atoms with Crippen LogP contribution in [0.2, 0.25) is 0 Å². The van der Waals surface area contributed by atoms with Crippen LogP contribution in [0.4, 0.5) is 5.69 Å². The summed E-state index contributed by atoms with van der Waals surface area (Å²) in [6.07, 6.45) is 0.245. The van der Waals surface area contributed by atoms with Gasteiger partial charge in [-0.1, -0.05) is 6.07 Å². The van der Waals surface area contributed by atoms with Crippen LogP contribution in [0.5, 0.6) is 0 Å². The van der Waals surface area contributed by atoms with Gasteiger partial charge in [-0.05, 0) is 54.4 Å². The van der Waals surface area contributed by atoms with E-state index in [1.165, 1.54) is 0 Å². The van der Waals surface area contributed by atoms with Crippen LogP contribution in [-0.4, -0.2) is 11.6 Å². The van der Waals surface area contributed by atoms with E-state index in [4.69, 9.17) is 10.5 Å². The van der Waals surface area contributed by atoms with Gasteiger partial charge >= 0.3 is 5.97 Å². The Morgan fingerprint density at radius 1 is 1.44 bits per heavy atom. The molecule has 1 aromatic carbocycles. The minimum Gasteiger partial charge on any atom is -0.460 e. The molecule has 0 saturated heterocycles. The zero-order chi connectivity index (χ0) is 12.3. The molecule has 0 radical (unpaired) electrons. The maximum absolute atomic E-state index is 11.5. The van der Waals surface area contributed by atoms with E-state index in [9.17, 15) is 4.79 Å². The van der Waals surface area contributed by atoms with E-state index in [1.807, 2.05) is 32.9 Å². The fraction of sp³-hybridized carbons (Fsp3) is 0.417. The van der Waals surface area contributed by atoms with Crippen molar-refractivity contribution in [2.75, 3.05) is 5.73 Å². The number of hydrogen-bond acceptors (Lipinski definition) is 3. The summed E-state index contributed by atoms with van der Waals surface area (Å²) in [5, 5.41) is 0. The Balaban J connectivity index is 2.67. The second kappa shape index (κ2) is 4.87. The molecule has 0 aromatic heterocycles. The van der Waals surface area contributed by atoms with E-state index in [2.05, 4.69) is 15.9 Å². The van der Waals surface area contributed by atoms with Crippen molar-refractivity contribution in [1.29, 1.82) is 0 Å². The van der Waals surface area contributed by atoms with Gasteiger partial charge in [-0.25, -0.2) is 0 Å². The predicted octanol–water partition coefficient (Wildman–Crippen LogP) is 2.92. The van der Waals surface area contributed by atoms with Gasteiger partial charge in [0.1, 0.15) is 5.60 Å². The number of nitrogens with two attached hydrogens (primary N) is 1. The largest absolute Gasteiger partial charge is 0.460 e. The molecule has 16 heavy (non-hydrogen) atoms. The predicted molar refractivity (Wildman–Crippen MR) is 68.1 cm³/mol. The summed E-state index contributed by atoms with van der Waals surface area (Å²) in [6, 6.07) is 5.45. The first-order chi connectivity index (χ1) is 7.28. The van der Waals surface area contributed by atoms with Gasteiger partial charge in [-0.3, -0.25) is 4.79 Å². The lowest BCUT2D eigenvalue weighted by Crippen LogP contribution is -2.24. The van der Waals surface area contributed by atoms with Crippen molar-refractivity contribution < 1.29 is 9.53 Å². The van der Waals surface area contributed by atoms with Crippen molar-refractivity contribution in [2.45, 2.75) is 32.8 Å². The van der Waals surface area contributed by atoms with Crippen LogP contribution in [0.1, 0.15) is 26.3 Å². The van der Waals surface area contributed by atoms with Gasteiger partial charge in [0.15, 0.2) is 0 Å². The Morgan fingerprint density at radius 3 is 2.56 bits per heavy atom. The number of nitrogen functional groups attached to an aromatic ring is 1. The molecule has 4 heteroatoms. The van der Waals surface area contributed by atoms with Crippen molar-refractivity contribution in [3.63, 3.8) is 0 Å². The van der Waals surface area contributed by atoms with Crippen LogP contribution in [-0.2, 0) is 16.0 Å². The highest BCUT2D eigenvalue weighted by Crippen LogP contribution is 2.21. The van der Waals surface area contributed by atoms with Crippen LogP contribution in [0.3, 0.4) is 0 Å². The smallest absolute Gasteiger partial charge is 0.310 e. The molecule has 0 fully saturated rings. The number of benzene rings is 1. The van der Waals surface area contributed by atoms with Gasteiger partial charge in [-0.2, -0.15) is 0 Å². The minimum atomic E-state index is -0.446. The van der Waals surface area contributed by atoms with Crippen molar-refractivity contribution in [2.24, 2.45) is 0 Å². The van der Waals surface area contributed by atoms with Crippen molar-refractivity contribution >= 4 is 27.6 Å². The third-order valence-corrected chi connectivity index (χ3v) is 2.55. The first-order valence-electron chi connectivity index (χ1n) is 5.04. The van der Waals surface area contributed by atoms with E-state index in [-0.39, 0.29) is 12.4 Å². The van der Waals surface area contributed by atoms with Gasteiger partial charge < -0.3 is 10.5 Å². The van der Waals surface area contributed by atoms with Gasteiger partial charge in [-0.15, -0.1) is 0 Å². The molecule has 0 aliphatic carbocycles. The third-order valence-electron chi connectivity index (χ3n) is 1.83. The summed E-state index contributed by atoms with van der Waals surface area (Å²) in [6.45, 7) is 5.54. The average Bonchev–Trinajstić information content (AvgIpc) is 2.08. The van der Waals surface area contributed by atoms with Crippen molar-refractivity contribution in [3.05, 3.63) is 28.2 Å². The Morgan fingerprint density at radius 2 is 2.06 bits per heavy atom. The number of ether oxygens (including phenoxy) is 1. The summed E-state index contributed by atoms with van der Waals surface area (Å²) in [5.74, 6) is -0.241. The fourth-order valence-corrected chi connectivity index (χ4v) is 1.49.